The molecule has 4 aromatic rings. The molecule has 0 unspecified atom stereocenters. The average Bonchev–Trinajstić information content (AvgIpc) is 2.90. The van der Waals surface area contributed by atoms with Crippen molar-refractivity contribution < 1.29 is 13.2 Å². The van der Waals surface area contributed by atoms with Crippen molar-refractivity contribution in [2.24, 2.45) is 7.05 Å². The van der Waals surface area contributed by atoms with Crippen molar-refractivity contribution in [1.29, 1.82) is 0 Å². The Labute approximate surface area is 161 Å². The van der Waals surface area contributed by atoms with Gasteiger partial charge in [0.2, 0.25) is 0 Å². The summed E-state index contributed by atoms with van der Waals surface area (Å²) in [6.45, 7) is 0.182. The van der Waals surface area contributed by atoms with Crippen LogP contribution in [0.4, 0.5) is 13.2 Å². The highest BCUT2D eigenvalue weighted by molar-refractivity contribution is 6.30. The molecule has 0 aliphatic heterocycles. The first kappa shape index (κ1) is 18.2. The number of hydrogen-bond acceptors (Lipinski definition) is 3. The van der Waals surface area contributed by atoms with Gasteiger partial charge in [-0.1, -0.05) is 11.6 Å². The van der Waals surface area contributed by atoms with Gasteiger partial charge in [-0.25, -0.2) is 22.9 Å². The molecule has 3 aromatic heterocycles. The SMILES string of the molecule is Cn1c(=O)n(Cc2cncc(Cl)c2)c2cc(-c3cc(F)c(F)c(F)c3)cnc21. The standard InChI is InChI=1S/C19H12ClF3N4O/c1-26-18-16(27(19(26)28)9-10-2-13(20)8-24-6-10)5-12(7-25-18)11-3-14(21)17(23)15(22)4-11/h2-8H,9H2,1H3. The second-order valence-corrected chi connectivity index (χ2v) is 6.70. The van der Waals surface area contributed by atoms with Gasteiger partial charge in [0.1, 0.15) is 0 Å². The summed E-state index contributed by atoms with van der Waals surface area (Å²) in [5, 5.41) is 0.432. The van der Waals surface area contributed by atoms with Gasteiger partial charge in [-0.2, -0.15) is 0 Å². The zero-order chi connectivity index (χ0) is 20.0. The van der Waals surface area contributed by atoms with Crippen LogP contribution in [0.2, 0.25) is 5.02 Å². The number of fused-ring (bicyclic) bond motifs is 1. The fourth-order valence-electron chi connectivity index (χ4n) is 3.04. The maximum Gasteiger partial charge on any atom is 0.330 e. The Morgan fingerprint density at radius 2 is 1.71 bits per heavy atom. The highest BCUT2D eigenvalue weighted by atomic mass is 35.5. The summed E-state index contributed by atoms with van der Waals surface area (Å²) in [7, 11) is 1.57. The third kappa shape index (κ3) is 3.05. The highest BCUT2D eigenvalue weighted by Gasteiger charge is 2.16. The molecule has 0 amide bonds. The molecule has 28 heavy (non-hydrogen) atoms. The third-order valence-electron chi connectivity index (χ3n) is 4.39. The van der Waals surface area contributed by atoms with E-state index in [1.807, 2.05) is 0 Å². The lowest BCUT2D eigenvalue weighted by Crippen LogP contribution is -2.22. The third-order valence-corrected chi connectivity index (χ3v) is 4.60. The summed E-state index contributed by atoms with van der Waals surface area (Å²) in [5.74, 6) is -4.14. The van der Waals surface area contributed by atoms with E-state index in [1.165, 1.54) is 21.5 Å². The first-order valence-electron chi connectivity index (χ1n) is 8.15. The molecule has 0 saturated carbocycles. The normalized spacial score (nSPS) is 11.3. The largest absolute Gasteiger partial charge is 0.330 e. The number of nitrogens with zero attached hydrogens (tertiary/aromatic N) is 4. The molecule has 5 nitrogen and oxygen atoms in total. The van der Waals surface area contributed by atoms with Crippen molar-refractivity contribution in [3.8, 4) is 11.1 Å². The van der Waals surface area contributed by atoms with Crippen LogP contribution in [-0.2, 0) is 13.6 Å². The average molecular weight is 405 g/mol. The Kier molecular flexibility index (Phi) is 4.43. The van der Waals surface area contributed by atoms with Gasteiger partial charge in [-0.15, -0.1) is 0 Å². The number of pyridine rings is 2. The Balaban J connectivity index is 1.88. The van der Waals surface area contributed by atoms with Crippen LogP contribution in [0.5, 0.6) is 0 Å². The lowest BCUT2D eigenvalue weighted by Gasteiger charge is -2.06. The van der Waals surface area contributed by atoms with Gasteiger partial charge in [-0.3, -0.25) is 14.1 Å². The van der Waals surface area contributed by atoms with Crippen LogP contribution in [0.1, 0.15) is 5.56 Å². The van der Waals surface area contributed by atoms with Gasteiger partial charge >= 0.3 is 5.69 Å². The van der Waals surface area contributed by atoms with Gasteiger partial charge in [-0.05, 0) is 35.4 Å². The molecule has 1 aromatic carbocycles. The lowest BCUT2D eigenvalue weighted by molar-refractivity contribution is 0.447. The van der Waals surface area contributed by atoms with E-state index < -0.39 is 17.5 Å². The van der Waals surface area contributed by atoms with Gasteiger partial charge in [0.15, 0.2) is 23.1 Å². The van der Waals surface area contributed by atoms with Crippen LogP contribution in [-0.4, -0.2) is 19.1 Å². The van der Waals surface area contributed by atoms with Crippen LogP contribution >= 0.6 is 11.6 Å². The number of aryl methyl sites for hydroxylation is 1. The van der Waals surface area contributed by atoms with E-state index >= 15 is 0 Å². The van der Waals surface area contributed by atoms with E-state index in [0.717, 1.165) is 12.1 Å². The van der Waals surface area contributed by atoms with Crippen molar-refractivity contribution in [1.82, 2.24) is 19.1 Å². The minimum Gasteiger partial charge on any atom is -0.286 e. The second kappa shape index (κ2) is 6.79. The Hall–Kier alpha value is -3.13. The zero-order valence-corrected chi connectivity index (χ0v) is 15.2. The maximum atomic E-state index is 13.6. The molecule has 142 valence electrons. The molecule has 0 aliphatic rings. The van der Waals surface area contributed by atoms with Crippen molar-refractivity contribution >= 4 is 22.8 Å². The maximum absolute atomic E-state index is 13.6. The van der Waals surface area contributed by atoms with Crippen molar-refractivity contribution in [3.63, 3.8) is 0 Å². The fraction of sp³-hybridized carbons (Fsp3) is 0.105. The second-order valence-electron chi connectivity index (χ2n) is 6.26. The number of benzene rings is 1. The quantitative estimate of drug-likeness (QED) is 0.486. The molecule has 0 saturated heterocycles. The number of rotatable bonds is 3. The molecular weight excluding hydrogens is 393 g/mol. The smallest absolute Gasteiger partial charge is 0.286 e. The topological polar surface area (TPSA) is 52.7 Å². The molecule has 0 bridgehead atoms. The number of imidazole rings is 1. The summed E-state index contributed by atoms with van der Waals surface area (Å²) in [5.41, 5.74) is 1.68. The van der Waals surface area contributed by atoms with E-state index in [-0.39, 0.29) is 17.8 Å². The highest BCUT2D eigenvalue weighted by Crippen LogP contribution is 2.26. The predicted octanol–water partition coefficient (Wildman–Crippen LogP) is 3.92. The minimum atomic E-state index is -1.54. The van der Waals surface area contributed by atoms with E-state index in [0.29, 0.717) is 27.3 Å². The first-order valence-corrected chi connectivity index (χ1v) is 8.52. The minimum absolute atomic E-state index is 0.109. The van der Waals surface area contributed by atoms with E-state index in [2.05, 4.69) is 9.97 Å². The zero-order valence-electron chi connectivity index (χ0n) is 14.5. The van der Waals surface area contributed by atoms with Crippen molar-refractivity contribution in [3.05, 3.63) is 81.4 Å². The van der Waals surface area contributed by atoms with Gasteiger partial charge in [0.05, 0.1) is 17.1 Å². The summed E-state index contributed by atoms with van der Waals surface area (Å²) in [6, 6.07) is 5.02. The first-order chi connectivity index (χ1) is 13.3. The predicted molar refractivity (Wildman–Crippen MR) is 98.6 cm³/mol. The number of hydrogen-bond donors (Lipinski definition) is 0. The number of aromatic nitrogens is 4. The fourth-order valence-corrected chi connectivity index (χ4v) is 3.23. The van der Waals surface area contributed by atoms with Crippen molar-refractivity contribution in [2.75, 3.05) is 0 Å². The van der Waals surface area contributed by atoms with Gasteiger partial charge in [0, 0.05) is 31.2 Å². The Morgan fingerprint density at radius 1 is 1.00 bits per heavy atom. The molecule has 0 N–H and O–H groups in total. The van der Waals surface area contributed by atoms with Crippen LogP contribution in [0.3, 0.4) is 0 Å². The molecule has 0 atom stereocenters. The molecule has 9 heteroatoms. The molecule has 0 aliphatic carbocycles. The Bertz CT molecular complexity index is 1260. The van der Waals surface area contributed by atoms with Crippen LogP contribution < -0.4 is 5.69 Å². The van der Waals surface area contributed by atoms with Crippen LogP contribution in [0.25, 0.3) is 22.3 Å². The van der Waals surface area contributed by atoms with E-state index in [4.69, 9.17) is 11.6 Å². The van der Waals surface area contributed by atoms with E-state index in [9.17, 15) is 18.0 Å². The van der Waals surface area contributed by atoms with Crippen LogP contribution in [0.15, 0.2) is 47.7 Å². The van der Waals surface area contributed by atoms with Crippen molar-refractivity contribution in [2.45, 2.75) is 6.54 Å². The molecule has 0 spiro atoms. The van der Waals surface area contributed by atoms with Crippen LogP contribution in [0, 0.1) is 17.5 Å². The van der Waals surface area contributed by atoms with Gasteiger partial charge < -0.3 is 0 Å². The molecule has 4 rings (SSSR count). The molecule has 3 heterocycles. The molecular formula is C19H12ClF3N4O. The summed E-state index contributed by atoms with van der Waals surface area (Å²) < 4.78 is 43.3. The monoisotopic (exact) mass is 404 g/mol. The summed E-state index contributed by atoms with van der Waals surface area (Å²) in [6.07, 6.45) is 4.44. The summed E-state index contributed by atoms with van der Waals surface area (Å²) in [4.78, 5) is 20.9. The molecule has 0 fully saturated rings. The van der Waals surface area contributed by atoms with E-state index in [1.54, 1.807) is 25.4 Å². The number of halogens is 4. The molecule has 0 radical (unpaired) electrons. The lowest BCUT2D eigenvalue weighted by atomic mass is 10.1. The Morgan fingerprint density at radius 3 is 2.39 bits per heavy atom. The van der Waals surface area contributed by atoms with Gasteiger partial charge in [0.25, 0.3) is 0 Å². The summed E-state index contributed by atoms with van der Waals surface area (Å²) >= 11 is 5.95.